The van der Waals surface area contributed by atoms with Crippen molar-refractivity contribution in [3.63, 3.8) is 0 Å². The third kappa shape index (κ3) is 3.24. The number of nitrogens with two attached hydrogens (primary N) is 1. The van der Waals surface area contributed by atoms with Crippen LogP contribution in [0.5, 0.6) is 0 Å². The van der Waals surface area contributed by atoms with Crippen molar-refractivity contribution < 1.29 is 9.21 Å². The fraction of sp³-hybridized carbons (Fsp3) is 0.182. The Labute approximate surface area is 112 Å². The summed E-state index contributed by atoms with van der Waals surface area (Å²) >= 11 is 1.34. The number of thioether (sulfide) groups is 1. The van der Waals surface area contributed by atoms with E-state index in [4.69, 9.17) is 10.3 Å². The maximum atomic E-state index is 11.3. The summed E-state index contributed by atoms with van der Waals surface area (Å²) < 4.78 is 5.28. The zero-order valence-corrected chi connectivity index (χ0v) is 10.9. The van der Waals surface area contributed by atoms with E-state index in [1.54, 1.807) is 13.0 Å². The molecule has 0 atom stereocenters. The van der Waals surface area contributed by atoms with Gasteiger partial charge in [-0.1, -0.05) is 11.8 Å². The molecular formula is C11H12N4O3S. The minimum absolute atomic E-state index is 0.158. The van der Waals surface area contributed by atoms with Gasteiger partial charge < -0.3 is 9.40 Å². The quantitative estimate of drug-likeness (QED) is 0.248. The second kappa shape index (κ2) is 5.72. The molecule has 1 amide bonds. The van der Waals surface area contributed by atoms with Crippen LogP contribution < -0.4 is 16.8 Å². The number of carbonyl (C=O) groups excluding carboxylic acids is 1. The molecule has 2 aromatic heterocycles. The van der Waals surface area contributed by atoms with Gasteiger partial charge in [0, 0.05) is 23.6 Å². The van der Waals surface area contributed by atoms with Crippen LogP contribution in [0, 0.1) is 6.92 Å². The van der Waals surface area contributed by atoms with Crippen molar-refractivity contribution in [1.82, 2.24) is 15.4 Å². The molecule has 0 spiro atoms. The molecule has 4 N–H and O–H groups in total. The van der Waals surface area contributed by atoms with E-state index in [1.165, 1.54) is 24.0 Å². The standard InChI is InChI=1S/C11H12N4O3S/c1-6-7(4-8(18-6)10(17)15-12)5-19-11-13-3-2-9(16)14-11/h2-4H,5,12H2,1H3,(H,15,17)(H,13,14,16). The van der Waals surface area contributed by atoms with Crippen LogP contribution >= 0.6 is 11.8 Å². The van der Waals surface area contributed by atoms with Crippen LogP contribution in [0.3, 0.4) is 0 Å². The Morgan fingerprint density at radius 3 is 3.11 bits per heavy atom. The number of aromatic amines is 1. The van der Waals surface area contributed by atoms with Gasteiger partial charge in [0.05, 0.1) is 0 Å². The lowest BCUT2D eigenvalue weighted by molar-refractivity contribution is 0.0924. The number of carbonyl (C=O) groups is 1. The predicted octanol–water partition coefficient (Wildman–Crippen LogP) is 0.567. The molecule has 0 aliphatic rings. The van der Waals surface area contributed by atoms with Gasteiger partial charge in [0.2, 0.25) is 0 Å². The number of nitrogen functional groups attached to an aromatic ring is 1. The molecule has 19 heavy (non-hydrogen) atoms. The van der Waals surface area contributed by atoms with Crippen molar-refractivity contribution in [3.8, 4) is 0 Å². The fourth-order valence-corrected chi connectivity index (χ4v) is 2.30. The minimum Gasteiger partial charge on any atom is -0.456 e. The molecule has 100 valence electrons. The van der Waals surface area contributed by atoms with Crippen LogP contribution in [0.2, 0.25) is 0 Å². The number of amides is 1. The van der Waals surface area contributed by atoms with Crippen molar-refractivity contribution >= 4 is 17.7 Å². The number of aryl methyl sites for hydroxylation is 1. The van der Waals surface area contributed by atoms with Crippen molar-refractivity contribution in [1.29, 1.82) is 0 Å². The van der Waals surface area contributed by atoms with Crippen molar-refractivity contribution in [3.05, 3.63) is 45.8 Å². The smallest absolute Gasteiger partial charge is 0.300 e. The maximum absolute atomic E-state index is 11.3. The molecule has 0 radical (unpaired) electrons. The first-order valence-corrected chi connectivity index (χ1v) is 6.37. The van der Waals surface area contributed by atoms with Gasteiger partial charge in [0.25, 0.3) is 5.56 Å². The predicted molar refractivity (Wildman–Crippen MR) is 69.5 cm³/mol. The number of hydrogen-bond donors (Lipinski definition) is 3. The monoisotopic (exact) mass is 280 g/mol. The Kier molecular flexibility index (Phi) is 4.03. The molecule has 0 unspecified atom stereocenters. The number of H-pyrrole nitrogens is 1. The Morgan fingerprint density at radius 1 is 1.63 bits per heavy atom. The van der Waals surface area contributed by atoms with Gasteiger partial charge in [-0.3, -0.25) is 15.0 Å². The zero-order chi connectivity index (χ0) is 13.8. The van der Waals surface area contributed by atoms with Gasteiger partial charge >= 0.3 is 5.91 Å². The van der Waals surface area contributed by atoms with Crippen molar-refractivity contribution in [2.24, 2.45) is 5.84 Å². The summed E-state index contributed by atoms with van der Waals surface area (Å²) in [7, 11) is 0. The summed E-state index contributed by atoms with van der Waals surface area (Å²) in [5.41, 5.74) is 2.64. The van der Waals surface area contributed by atoms with Gasteiger partial charge in [-0.25, -0.2) is 10.8 Å². The molecule has 0 aliphatic heterocycles. The second-order valence-electron chi connectivity index (χ2n) is 3.69. The van der Waals surface area contributed by atoms with E-state index in [2.05, 4.69) is 9.97 Å². The fourth-order valence-electron chi connectivity index (χ4n) is 1.42. The third-order valence-electron chi connectivity index (χ3n) is 2.39. The lowest BCUT2D eigenvalue weighted by Crippen LogP contribution is -2.29. The molecule has 2 heterocycles. The van der Waals surface area contributed by atoms with Crippen LogP contribution in [-0.4, -0.2) is 15.9 Å². The first-order valence-electron chi connectivity index (χ1n) is 5.38. The van der Waals surface area contributed by atoms with Crippen molar-refractivity contribution in [2.45, 2.75) is 17.8 Å². The minimum atomic E-state index is -0.481. The van der Waals surface area contributed by atoms with Crippen LogP contribution in [0.25, 0.3) is 0 Å². The number of hydrazine groups is 1. The summed E-state index contributed by atoms with van der Waals surface area (Å²) in [6.07, 6.45) is 1.44. The lowest BCUT2D eigenvalue weighted by Gasteiger charge is -1.98. The summed E-state index contributed by atoms with van der Waals surface area (Å²) in [6.45, 7) is 1.75. The molecule has 2 aromatic rings. The second-order valence-corrected chi connectivity index (χ2v) is 4.66. The first kappa shape index (κ1) is 13.4. The third-order valence-corrected chi connectivity index (χ3v) is 3.32. The Balaban J connectivity index is 2.09. The van der Waals surface area contributed by atoms with E-state index in [9.17, 15) is 9.59 Å². The van der Waals surface area contributed by atoms with Crippen molar-refractivity contribution in [2.75, 3.05) is 0 Å². The van der Waals surface area contributed by atoms with Crippen LogP contribution in [-0.2, 0) is 5.75 Å². The maximum Gasteiger partial charge on any atom is 0.300 e. The molecule has 7 nitrogen and oxygen atoms in total. The van der Waals surface area contributed by atoms with E-state index in [1.807, 2.05) is 5.43 Å². The van der Waals surface area contributed by atoms with E-state index < -0.39 is 5.91 Å². The normalized spacial score (nSPS) is 10.4. The topological polar surface area (TPSA) is 114 Å². The Morgan fingerprint density at radius 2 is 2.42 bits per heavy atom. The van der Waals surface area contributed by atoms with Crippen LogP contribution in [0.15, 0.2) is 32.7 Å². The SMILES string of the molecule is Cc1oc(C(=O)NN)cc1CSc1nccc(=O)[nH]1. The first-order chi connectivity index (χ1) is 9.10. The average molecular weight is 280 g/mol. The van der Waals surface area contributed by atoms with E-state index in [0.29, 0.717) is 16.7 Å². The molecular weight excluding hydrogens is 268 g/mol. The number of hydrogen-bond acceptors (Lipinski definition) is 6. The van der Waals surface area contributed by atoms with Gasteiger partial charge in [0.1, 0.15) is 5.76 Å². The van der Waals surface area contributed by atoms with Gasteiger partial charge in [-0.15, -0.1) is 0 Å². The summed E-state index contributed by atoms with van der Waals surface area (Å²) in [5, 5.41) is 0.512. The van der Waals surface area contributed by atoms with Gasteiger partial charge in [-0.2, -0.15) is 0 Å². The number of nitrogens with zero attached hydrogens (tertiary/aromatic N) is 1. The Hall–Kier alpha value is -2.06. The van der Waals surface area contributed by atoms with Gasteiger partial charge in [-0.05, 0) is 13.0 Å². The highest BCUT2D eigenvalue weighted by molar-refractivity contribution is 7.98. The molecule has 0 aliphatic carbocycles. The largest absolute Gasteiger partial charge is 0.456 e. The number of nitrogens with one attached hydrogen (secondary N) is 2. The summed E-state index contributed by atoms with van der Waals surface area (Å²) in [4.78, 5) is 29.0. The summed E-state index contributed by atoms with van der Waals surface area (Å²) in [5.74, 6) is 5.86. The number of rotatable bonds is 4. The summed E-state index contributed by atoms with van der Waals surface area (Å²) in [6, 6.07) is 2.96. The Bertz CT molecular complexity index is 649. The highest BCUT2D eigenvalue weighted by atomic mass is 32.2. The molecule has 2 rings (SSSR count). The van der Waals surface area contributed by atoms with Crippen LogP contribution in [0.4, 0.5) is 0 Å². The van der Waals surface area contributed by atoms with Crippen LogP contribution in [0.1, 0.15) is 21.9 Å². The average Bonchev–Trinajstić information content (AvgIpc) is 2.77. The van der Waals surface area contributed by atoms with E-state index in [-0.39, 0.29) is 11.3 Å². The lowest BCUT2D eigenvalue weighted by atomic mass is 10.3. The molecule has 0 saturated carbocycles. The number of furan rings is 1. The zero-order valence-electron chi connectivity index (χ0n) is 10.1. The van der Waals surface area contributed by atoms with E-state index >= 15 is 0 Å². The molecule has 0 saturated heterocycles. The molecule has 0 fully saturated rings. The molecule has 0 aromatic carbocycles. The highest BCUT2D eigenvalue weighted by Gasteiger charge is 2.13. The highest BCUT2D eigenvalue weighted by Crippen LogP contribution is 2.23. The molecule has 8 heteroatoms. The van der Waals surface area contributed by atoms with Gasteiger partial charge in [0.15, 0.2) is 10.9 Å². The number of aromatic nitrogens is 2. The van der Waals surface area contributed by atoms with E-state index in [0.717, 1.165) is 5.56 Å². The molecule has 0 bridgehead atoms.